The number of unbranched alkanes of at least 4 members (excludes halogenated alkanes) is 1. The van der Waals surface area contributed by atoms with Gasteiger partial charge in [0.25, 0.3) is 11.5 Å². The molecule has 2 aromatic rings. The number of nitrogens with zero attached hydrogens (tertiary/aromatic N) is 4. The van der Waals surface area contributed by atoms with Crippen LogP contribution >= 0.6 is 0 Å². The lowest BCUT2D eigenvalue weighted by Crippen LogP contribution is -2.42. The van der Waals surface area contributed by atoms with Gasteiger partial charge in [0, 0.05) is 38.1 Å². The summed E-state index contributed by atoms with van der Waals surface area (Å²) in [6.07, 6.45) is 6.13. The van der Waals surface area contributed by atoms with E-state index in [1.807, 2.05) is 26.8 Å². The number of carbonyl (C=O) groups excluding carboxylic acids is 1. The molecule has 1 saturated heterocycles. The number of aromatic nitrogens is 3. The molecule has 0 atom stereocenters. The topological polar surface area (TPSA) is 117 Å². The van der Waals surface area contributed by atoms with Crippen LogP contribution in [-0.2, 0) is 6.54 Å². The van der Waals surface area contributed by atoms with Crippen LogP contribution in [0.3, 0.4) is 0 Å². The Morgan fingerprint density at radius 2 is 2.00 bits per heavy atom. The van der Waals surface area contributed by atoms with Gasteiger partial charge in [-0.3, -0.25) is 29.0 Å². The second kappa shape index (κ2) is 10.5. The minimum Gasteiger partial charge on any atom is -0.383 e. The minimum atomic E-state index is -0.659. The normalized spacial score (nSPS) is 13.7. The van der Waals surface area contributed by atoms with E-state index in [2.05, 4.69) is 14.9 Å². The highest BCUT2D eigenvalue weighted by atomic mass is 16.2. The van der Waals surface area contributed by atoms with Gasteiger partial charge in [-0.05, 0) is 43.7 Å². The molecule has 0 unspecified atom stereocenters. The first-order valence-corrected chi connectivity index (χ1v) is 11.5. The molecule has 1 aliphatic rings. The summed E-state index contributed by atoms with van der Waals surface area (Å²) in [5.74, 6) is -0.0786. The molecule has 1 amide bonds. The number of carbonyl (C=O) groups is 1. The Labute approximate surface area is 188 Å². The number of amides is 1. The molecule has 9 nitrogen and oxygen atoms in total. The van der Waals surface area contributed by atoms with Crippen LogP contribution < -0.4 is 26.8 Å². The van der Waals surface area contributed by atoms with Gasteiger partial charge in [0.1, 0.15) is 11.5 Å². The zero-order chi connectivity index (χ0) is 23.3. The van der Waals surface area contributed by atoms with Gasteiger partial charge in [0.15, 0.2) is 5.69 Å². The Morgan fingerprint density at radius 1 is 1.28 bits per heavy atom. The maximum atomic E-state index is 13.6. The third-order valence-corrected chi connectivity index (χ3v) is 5.83. The van der Waals surface area contributed by atoms with E-state index in [4.69, 9.17) is 5.73 Å². The van der Waals surface area contributed by atoms with Gasteiger partial charge >= 0.3 is 5.69 Å². The molecule has 2 aromatic heterocycles. The average molecular weight is 443 g/mol. The second-order valence-corrected chi connectivity index (χ2v) is 8.73. The fourth-order valence-electron chi connectivity index (χ4n) is 3.93. The Balaban J connectivity index is 2.04. The maximum Gasteiger partial charge on any atom is 0.330 e. The SMILES string of the molecule is CCCCn1c(N)c(N(CCC(C)C)C(=O)c2cc(N3CCCC3)ccn2)c(=O)[nH]c1=O. The van der Waals surface area contributed by atoms with Crippen molar-refractivity contribution >= 4 is 23.1 Å². The number of nitrogens with one attached hydrogen (secondary N) is 1. The number of hydrogen-bond donors (Lipinski definition) is 2. The standard InChI is InChI=1S/C23H34N6O3/c1-4-5-13-29-20(24)19(21(30)26-23(29)32)28(14-9-16(2)3)22(31)18-15-17(8-10-25-18)27-11-6-7-12-27/h8,10,15-16H,4-7,9,11-14,24H2,1-3H3,(H,26,30,32). The number of H-pyrrole nitrogens is 1. The largest absolute Gasteiger partial charge is 0.383 e. The molecule has 0 bridgehead atoms. The third kappa shape index (κ3) is 5.20. The highest BCUT2D eigenvalue weighted by Crippen LogP contribution is 2.24. The van der Waals surface area contributed by atoms with Crippen LogP contribution in [0.25, 0.3) is 0 Å². The molecule has 0 radical (unpaired) electrons. The lowest BCUT2D eigenvalue weighted by molar-refractivity contribution is 0.0980. The molecule has 3 heterocycles. The summed E-state index contributed by atoms with van der Waals surface area (Å²) in [5, 5.41) is 0. The minimum absolute atomic E-state index is 0.0136. The second-order valence-electron chi connectivity index (χ2n) is 8.73. The van der Waals surface area contributed by atoms with Crippen molar-refractivity contribution in [2.24, 2.45) is 5.92 Å². The van der Waals surface area contributed by atoms with Crippen LogP contribution in [0.1, 0.15) is 63.4 Å². The number of pyridine rings is 1. The monoisotopic (exact) mass is 442 g/mol. The molecule has 3 rings (SSSR count). The molecule has 174 valence electrons. The molecular formula is C23H34N6O3. The van der Waals surface area contributed by atoms with Gasteiger partial charge in [-0.15, -0.1) is 0 Å². The summed E-state index contributed by atoms with van der Waals surface area (Å²) < 4.78 is 1.34. The summed E-state index contributed by atoms with van der Waals surface area (Å²) >= 11 is 0. The van der Waals surface area contributed by atoms with Crippen LogP contribution in [0.15, 0.2) is 27.9 Å². The predicted molar refractivity (Wildman–Crippen MR) is 127 cm³/mol. The van der Waals surface area contributed by atoms with Gasteiger partial charge in [0.2, 0.25) is 0 Å². The summed E-state index contributed by atoms with van der Waals surface area (Å²) in [6, 6.07) is 3.67. The van der Waals surface area contributed by atoms with E-state index in [9.17, 15) is 14.4 Å². The number of aromatic amines is 1. The molecule has 0 spiro atoms. The maximum absolute atomic E-state index is 13.6. The first kappa shape index (κ1) is 23.6. The van der Waals surface area contributed by atoms with Crippen molar-refractivity contribution in [3.63, 3.8) is 0 Å². The fourth-order valence-corrected chi connectivity index (χ4v) is 3.93. The predicted octanol–water partition coefficient (Wildman–Crippen LogP) is 2.61. The molecule has 0 aromatic carbocycles. The number of anilines is 3. The highest BCUT2D eigenvalue weighted by Gasteiger charge is 2.27. The van der Waals surface area contributed by atoms with E-state index < -0.39 is 17.2 Å². The molecule has 1 fully saturated rings. The van der Waals surface area contributed by atoms with E-state index >= 15 is 0 Å². The smallest absolute Gasteiger partial charge is 0.330 e. The van der Waals surface area contributed by atoms with Crippen molar-refractivity contribution < 1.29 is 4.79 Å². The number of hydrogen-bond acceptors (Lipinski definition) is 6. The molecule has 0 saturated carbocycles. The van der Waals surface area contributed by atoms with Gasteiger partial charge in [-0.2, -0.15) is 0 Å². The molecule has 0 aliphatic carbocycles. The summed E-state index contributed by atoms with van der Waals surface area (Å²) in [4.78, 5) is 49.0. The van der Waals surface area contributed by atoms with Crippen LogP contribution in [0.2, 0.25) is 0 Å². The molecule has 1 aliphatic heterocycles. The Kier molecular flexibility index (Phi) is 7.71. The van der Waals surface area contributed by atoms with Crippen LogP contribution in [0.4, 0.5) is 17.2 Å². The first-order valence-electron chi connectivity index (χ1n) is 11.5. The van der Waals surface area contributed by atoms with E-state index in [0.717, 1.165) is 44.5 Å². The number of rotatable bonds is 9. The van der Waals surface area contributed by atoms with E-state index in [0.29, 0.717) is 25.4 Å². The summed E-state index contributed by atoms with van der Waals surface area (Å²) in [5.41, 5.74) is 6.29. The third-order valence-electron chi connectivity index (χ3n) is 5.83. The van der Waals surface area contributed by atoms with Gasteiger partial charge in [0.05, 0.1) is 0 Å². The van der Waals surface area contributed by atoms with Gasteiger partial charge < -0.3 is 10.6 Å². The Hall–Kier alpha value is -3.10. The molecule has 9 heteroatoms. The van der Waals surface area contributed by atoms with Crippen molar-refractivity contribution in [1.82, 2.24) is 14.5 Å². The molecule has 32 heavy (non-hydrogen) atoms. The summed E-state index contributed by atoms with van der Waals surface area (Å²) in [7, 11) is 0. The lowest BCUT2D eigenvalue weighted by Gasteiger charge is -2.25. The van der Waals surface area contributed by atoms with E-state index in [-0.39, 0.29) is 17.2 Å². The molecular weight excluding hydrogens is 408 g/mol. The van der Waals surface area contributed by atoms with Crippen molar-refractivity contribution in [2.45, 2.75) is 59.4 Å². The Bertz CT molecular complexity index is 1050. The molecule has 3 N–H and O–H groups in total. The number of nitrogen functional groups attached to an aromatic ring is 1. The van der Waals surface area contributed by atoms with Crippen molar-refractivity contribution in [2.75, 3.05) is 35.2 Å². The van der Waals surface area contributed by atoms with Crippen molar-refractivity contribution in [3.05, 3.63) is 44.9 Å². The van der Waals surface area contributed by atoms with Gasteiger partial charge in [-0.1, -0.05) is 27.2 Å². The Morgan fingerprint density at radius 3 is 2.66 bits per heavy atom. The fraction of sp³-hybridized carbons (Fsp3) is 0.565. The highest BCUT2D eigenvalue weighted by molar-refractivity contribution is 6.06. The van der Waals surface area contributed by atoms with Gasteiger partial charge in [-0.25, -0.2) is 4.79 Å². The number of nitrogens with two attached hydrogens (primary N) is 1. The first-order chi connectivity index (χ1) is 15.3. The van der Waals surface area contributed by atoms with E-state index in [1.165, 1.54) is 9.47 Å². The van der Waals surface area contributed by atoms with E-state index in [1.54, 1.807) is 12.3 Å². The van der Waals surface area contributed by atoms with Crippen LogP contribution in [0, 0.1) is 5.92 Å². The van der Waals surface area contributed by atoms with Crippen molar-refractivity contribution in [3.8, 4) is 0 Å². The zero-order valence-electron chi connectivity index (χ0n) is 19.3. The van der Waals surface area contributed by atoms with Crippen molar-refractivity contribution in [1.29, 1.82) is 0 Å². The quantitative estimate of drug-likeness (QED) is 0.616. The lowest BCUT2D eigenvalue weighted by atomic mass is 10.1. The average Bonchev–Trinajstić information content (AvgIpc) is 3.30. The van der Waals surface area contributed by atoms with Crippen LogP contribution in [-0.4, -0.2) is 40.1 Å². The summed E-state index contributed by atoms with van der Waals surface area (Å²) in [6.45, 7) is 8.67. The van der Waals surface area contributed by atoms with Crippen LogP contribution in [0.5, 0.6) is 0 Å². The zero-order valence-corrected chi connectivity index (χ0v) is 19.3.